The standard InChI is InChI=1S/C17H18N2O/c1-19-17-12-7-3-2-6-11(12)10-15(20)13-8-4-5-9-14(13)16(17)18/h2-9,15,19-20H,10,18H2,1H3/b17-16-. The fourth-order valence-corrected chi connectivity index (χ4v) is 2.84. The maximum Gasteiger partial charge on any atom is 0.0837 e. The van der Waals surface area contributed by atoms with Gasteiger partial charge in [-0.1, -0.05) is 48.5 Å². The maximum absolute atomic E-state index is 10.5. The summed E-state index contributed by atoms with van der Waals surface area (Å²) in [5.74, 6) is 0. The van der Waals surface area contributed by atoms with Gasteiger partial charge in [-0.05, 0) is 11.1 Å². The molecule has 0 amide bonds. The molecule has 0 radical (unpaired) electrons. The lowest BCUT2D eigenvalue weighted by molar-refractivity contribution is 0.178. The Morgan fingerprint density at radius 2 is 1.70 bits per heavy atom. The molecule has 0 bridgehead atoms. The van der Waals surface area contributed by atoms with E-state index in [4.69, 9.17) is 5.73 Å². The zero-order valence-corrected chi connectivity index (χ0v) is 11.4. The molecule has 20 heavy (non-hydrogen) atoms. The van der Waals surface area contributed by atoms with Crippen molar-refractivity contribution < 1.29 is 5.11 Å². The van der Waals surface area contributed by atoms with Gasteiger partial charge in [-0.25, -0.2) is 0 Å². The van der Waals surface area contributed by atoms with Gasteiger partial charge in [-0.3, -0.25) is 0 Å². The fraction of sp³-hybridized carbons (Fsp3) is 0.176. The molecular weight excluding hydrogens is 248 g/mol. The molecule has 3 rings (SSSR count). The minimum atomic E-state index is -0.538. The van der Waals surface area contributed by atoms with E-state index in [0.717, 1.165) is 28.0 Å². The third-order valence-electron chi connectivity index (χ3n) is 3.83. The van der Waals surface area contributed by atoms with Gasteiger partial charge in [-0.2, -0.15) is 0 Å². The van der Waals surface area contributed by atoms with Crippen molar-refractivity contribution in [3.8, 4) is 0 Å². The van der Waals surface area contributed by atoms with E-state index >= 15 is 0 Å². The van der Waals surface area contributed by atoms with Gasteiger partial charge in [0.1, 0.15) is 0 Å². The number of rotatable bonds is 1. The van der Waals surface area contributed by atoms with Crippen LogP contribution in [0.5, 0.6) is 0 Å². The summed E-state index contributed by atoms with van der Waals surface area (Å²) in [4.78, 5) is 0. The summed E-state index contributed by atoms with van der Waals surface area (Å²) in [6, 6.07) is 15.8. The average Bonchev–Trinajstić information content (AvgIpc) is 2.48. The highest BCUT2D eigenvalue weighted by Crippen LogP contribution is 2.33. The second-order valence-corrected chi connectivity index (χ2v) is 5.00. The molecule has 0 aliphatic heterocycles. The van der Waals surface area contributed by atoms with Crippen LogP contribution in [0.25, 0.3) is 11.4 Å². The van der Waals surface area contributed by atoms with E-state index in [-0.39, 0.29) is 0 Å². The summed E-state index contributed by atoms with van der Waals surface area (Å²) in [7, 11) is 1.87. The predicted octanol–water partition coefficient (Wildman–Crippen LogP) is 2.28. The summed E-state index contributed by atoms with van der Waals surface area (Å²) < 4.78 is 0. The Balaban J connectivity index is 2.32. The largest absolute Gasteiger partial charge is 0.397 e. The molecule has 102 valence electrons. The van der Waals surface area contributed by atoms with Crippen molar-refractivity contribution in [3.63, 3.8) is 0 Å². The zero-order chi connectivity index (χ0) is 14.1. The van der Waals surface area contributed by atoms with Crippen LogP contribution in [0, 0.1) is 0 Å². The van der Waals surface area contributed by atoms with Crippen LogP contribution in [-0.4, -0.2) is 12.2 Å². The molecule has 2 aromatic rings. The van der Waals surface area contributed by atoms with Crippen LogP contribution in [0.2, 0.25) is 0 Å². The third kappa shape index (κ3) is 1.96. The number of aliphatic hydroxyl groups is 1. The molecular formula is C17H18N2O. The van der Waals surface area contributed by atoms with Crippen molar-refractivity contribution in [2.24, 2.45) is 5.73 Å². The molecule has 0 aromatic heterocycles. The normalized spacial score (nSPS) is 21.4. The van der Waals surface area contributed by atoms with E-state index in [1.807, 2.05) is 55.6 Å². The Morgan fingerprint density at radius 1 is 1.05 bits per heavy atom. The van der Waals surface area contributed by atoms with E-state index in [1.54, 1.807) is 0 Å². The van der Waals surface area contributed by atoms with E-state index < -0.39 is 6.10 Å². The van der Waals surface area contributed by atoms with Crippen molar-refractivity contribution in [2.45, 2.75) is 12.5 Å². The monoisotopic (exact) mass is 266 g/mol. The quantitative estimate of drug-likeness (QED) is 0.742. The predicted molar refractivity (Wildman–Crippen MR) is 81.6 cm³/mol. The minimum Gasteiger partial charge on any atom is -0.397 e. The number of hydrogen-bond acceptors (Lipinski definition) is 3. The molecule has 0 fully saturated rings. The zero-order valence-electron chi connectivity index (χ0n) is 11.4. The van der Waals surface area contributed by atoms with Crippen LogP contribution >= 0.6 is 0 Å². The molecule has 1 atom stereocenters. The van der Waals surface area contributed by atoms with E-state index in [2.05, 4.69) is 5.32 Å². The van der Waals surface area contributed by atoms with Crippen LogP contribution in [0.15, 0.2) is 48.5 Å². The number of hydrogen-bond donors (Lipinski definition) is 3. The molecule has 0 heterocycles. The summed E-state index contributed by atoms with van der Waals surface area (Å²) in [5.41, 5.74) is 11.9. The van der Waals surface area contributed by atoms with Gasteiger partial charge >= 0.3 is 0 Å². The van der Waals surface area contributed by atoms with Gasteiger partial charge in [0.05, 0.1) is 17.5 Å². The van der Waals surface area contributed by atoms with Crippen molar-refractivity contribution in [3.05, 3.63) is 70.8 Å². The highest BCUT2D eigenvalue weighted by Gasteiger charge is 2.22. The van der Waals surface area contributed by atoms with Crippen molar-refractivity contribution in [2.75, 3.05) is 7.05 Å². The van der Waals surface area contributed by atoms with Crippen LogP contribution in [-0.2, 0) is 6.42 Å². The Morgan fingerprint density at radius 3 is 2.45 bits per heavy atom. The van der Waals surface area contributed by atoms with Crippen LogP contribution in [0.4, 0.5) is 0 Å². The minimum absolute atomic E-state index is 0.538. The third-order valence-corrected chi connectivity index (χ3v) is 3.83. The van der Waals surface area contributed by atoms with Gasteiger partial charge in [0.2, 0.25) is 0 Å². The van der Waals surface area contributed by atoms with E-state index in [1.165, 1.54) is 0 Å². The van der Waals surface area contributed by atoms with Gasteiger partial charge in [0.25, 0.3) is 0 Å². The van der Waals surface area contributed by atoms with Gasteiger partial charge < -0.3 is 16.2 Å². The number of nitrogens with one attached hydrogen (secondary N) is 1. The van der Waals surface area contributed by atoms with E-state index in [0.29, 0.717) is 12.1 Å². The molecule has 1 unspecified atom stereocenters. The Labute approximate surface area is 118 Å². The number of nitrogens with two attached hydrogens (primary N) is 1. The Bertz CT molecular complexity index is 676. The highest BCUT2D eigenvalue weighted by atomic mass is 16.3. The average molecular weight is 266 g/mol. The van der Waals surface area contributed by atoms with Crippen molar-refractivity contribution in [1.29, 1.82) is 0 Å². The fourth-order valence-electron chi connectivity index (χ4n) is 2.84. The maximum atomic E-state index is 10.5. The molecule has 1 aliphatic rings. The Hall–Kier alpha value is -2.26. The first-order valence-corrected chi connectivity index (χ1v) is 6.75. The summed E-state index contributed by atoms with van der Waals surface area (Å²) in [6.45, 7) is 0. The first kappa shape index (κ1) is 12.8. The molecule has 3 nitrogen and oxygen atoms in total. The molecule has 4 N–H and O–H groups in total. The second-order valence-electron chi connectivity index (χ2n) is 5.00. The molecule has 2 aromatic carbocycles. The topological polar surface area (TPSA) is 58.3 Å². The molecule has 0 saturated carbocycles. The lowest BCUT2D eigenvalue weighted by Gasteiger charge is -2.24. The summed E-state index contributed by atoms with van der Waals surface area (Å²) in [6.07, 6.45) is 0.0513. The van der Waals surface area contributed by atoms with E-state index in [9.17, 15) is 5.11 Å². The molecule has 0 saturated heterocycles. The lowest BCUT2D eigenvalue weighted by Crippen LogP contribution is -2.19. The Kier molecular flexibility index (Phi) is 3.20. The number of benzene rings is 2. The smallest absolute Gasteiger partial charge is 0.0837 e. The summed E-state index contributed by atoms with van der Waals surface area (Å²) in [5, 5.41) is 13.7. The number of fused-ring (bicyclic) bond motifs is 2. The van der Waals surface area contributed by atoms with Gasteiger partial charge in [0, 0.05) is 24.6 Å². The SMILES string of the molecule is CN/C1=C(\N)c2ccccc2C(O)Cc2ccccc21. The van der Waals surface area contributed by atoms with Crippen LogP contribution in [0.3, 0.4) is 0 Å². The second kappa shape index (κ2) is 5.02. The van der Waals surface area contributed by atoms with Crippen molar-refractivity contribution in [1.82, 2.24) is 5.32 Å². The highest BCUT2D eigenvalue weighted by molar-refractivity contribution is 5.90. The number of aliphatic hydroxyl groups excluding tert-OH is 1. The molecule has 0 spiro atoms. The van der Waals surface area contributed by atoms with Crippen LogP contribution in [0.1, 0.15) is 28.4 Å². The van der Waals surface area contributed by atoms with Crippen LogP contribution < -0.4 is 11.1 Å². The van der Waals surface area contributed by atoms with Crippen molar-refractivity contribution >= 4 is 11.4 Å². The first-order chi connectivity index (χ1) is 9.72. The van der Waals surface area contributed by atoms with Gasteiger partial charge in [0.15, 0.2) is 0 Å². The molecule has 1 aliphatic carbocycles. The first-order valence-electron chi connectivity index (χ1n) is 6.75. The lowest BCUT2D eigenvalue weighted by atomic mass is 9.88. The summed E-state index contributed by atoms with van der Waals surface area (Å²) >= 11 is 0. The molecule has 3 heteroatoms. The van der Waals surface area contributed by atoms with Gasteiger partial charge in [-0.15, -0.1) is 0 Å².